The Kier molecular flexibility index (Phi) is 11.4. The number of piperidine rings is 1. The van der Waals surface area contributed by atoms with E-state index >= 15 is 0 Å². The molecule has 2 aliphatic rings. The fraction of sp³-hybridized carbons (Fsp3) is 0.371. The number of piperazine rings is 1. The molecule has 1 amide bonds. The zero-order valence-corrected chi connectivity index (χ0v) is 30.7. The van der Waals surface area contributed by atoms with Gasteiger partial charge in [0.2, 0.25) is 0 Å². The van der Waals surface area contributed by atoms with Gasteiger partial charge in [0.1, 0.15) is 0 Å². The summed E-state index contributed by atoms with van der Waals surface area (Å²) in [6, 6.07) is 16.9. The van der Waals surface area contributed by atoms with E-state index in [-0.39, 0.29) is 12.2 Å². The predicted octanol–water partition coefficient (Wildman–Crippen LogP) is 5.72. The van der Waals surface area contributed by atoms with E-state index < -0.39 is 16.1 Å². The average Bonchev–Trinajstić information content (AvgIpc) is 3.72. The van der Waals surface area contributed by atoms with E-state index in [1.54, 1.807) is 22.9 Å². The first kappa shape index (κ1) is 35.6. The maximum absolute atomic E-state index is 14.0. The molecular weight excluding hydrogens is 701 g/mol. The Morgan fingerprint density at radius 1 is 0.939 bits per heavy atom. The van der Waals surface area contributed by atoms with Crippen molar-refractivity contribution >= 4 is 50.7 Å². The second-order valence-electron chi connectivity index (χ2n) is 12.1. The van der Waals surface area contributed by atoms with Crippen molar-refractivity contribution in [1.82, 2.24) is 34.1 Å². The summed E-state index contributed by atoms with van der Waals surface area (Å²) in [6.45, 7) is 8.31. The molecule has 0 radical (unpaired) electrons. The van der Waals surface area contributed by atoms with Crippen LogP contribution in [-0.4, -0.2) is 84.1 Å². The standard InChI is InChI=1S/C35H39Cl2N7O3S2/c1-3-41-19-21-43(22-20-41)49(46,47)38-24-29-33(35(45)40-42-17-5-4-6-18-42)39-44(31-15-12-27(36)23-30(31)37)34(29)32-16-14-28(48-32)13-11-26-9-7-25(2)8-10-26/h7-10,12,14-16,23,38H,3-6,17-22,24H2,1-2H3,(H,40,45). The van der Waals surface area contributed by atoms with Crippen molar-refractivity contribution in [2.75, 3.05) is 45.8 Å². The molecular formula is C35H39Cl2N7O3S2. The molecule has 0 bridgehead atoms. The molecule has 6 rings (SSSR count). The molecule has 4 aromatic rings. The minimum Gasteiger partial charge on any atom is -0.301 e. The Bertz CT molecular complexity index is 1970. The van der Waals surface area contributed by atoms with Gasteiger partial charge in [0.25, 0.3) is 16.1 Å². The van der Waals surface area contributed by atoms with E-state index in [2.05, 4.69) is 33.8 Å². The third kappa shape index (κ3) is 8.56. The van der Waals surface area contributed by atoms with E-state index in [9.17, 15) is 13.2 Å². The molecule has 10 nitrogen and oxygen atoms in total. The highest BCUT2D eigenvalue weighted by Crippen LogP contribution is 2.37. The molecule has 258 valence electrons. The second kappa shape index (κ2) is 15.7. The highest BCUT2D eigenvalue weighted by atomic mass is 35.5. The Labute approximate surface area is 302 Å². The van der Waals surface area contributed by atoms with Crippen LogP contribution in [0.4, 0.5) is 0 Å². The Hall–Kier alpha value is -3.25. The molecule has 0 spiro atoms. The lowest BCUT2D eigenvalue weighted by Gasteiger charge is -2.33. The third-order valence-corrected chi connectivity index (χ3v) is 11.8. The van der Waals surface area contributed by atoms with Crippen molar-refractivity contribution in [2.24, 2.45) is 0 Å². The first-order valence-corrected chi connectivity index (χ1v) is 19.4. The van der Waals surface area contributed by atoms with Gasteiger partial charge in [0.05, 0.1) is 26.2 Å². The molecule has 2 fully saturated rings. The van der Waals surface area contributed by atoms with Crippen molar-refractivity contribution in [1.29, 1.82) is 0 Å². The minimum absolute atomic E-state index is 0.103. The van der Waals surface area contributed by atoms with Crippen LogP contribution in [0.3, 0.4) is 0 Å². The van der Waals surface area contributed by atoms with Crippen LogP contribution >= 0.6 is 34.5 Å². The maximum atomic E-state index is 14.0. The summed E-state index contributed by atoms with van der Waals surface area (Å²) in [5.41, 5.74) is 6.64. The van der Waals surface area contributed by atoms with Gasteiger partial charge in [-0.05, 0) is 68.8 Å². The van der Waals surface area contributed by atoms with Gasteiger partial charge in [0.15, 0.2) is 5.69 Å². The van der Waals surface area contributed by atoms with Crippen LogP contribution in [0.1, 0.15) is 58.2 Å². The van der Waals surface area contributed by atoms with Crippen molar-refractivity contribution in [3.8, 4) is 28.1 Å². The van der Waals surface area contributed by atoms with Gasteiger partial charge in [-0.25, -0.2) is 9.69 Å². The SMILES string of the molecule is CCN1CCN(S(=O)(=O)NCc2c(C(=O)NN3CCCCC3)nn(-c3ccc(Cl)cc3Cl)c2-c2ccc(C#Cc3ccc(C)cc3)s2)CC1. The molecule has 2 N–H and O–H groups in total. The largest absolute Gasteiger partial charge is 0.301 e. The molecule has 2 saturated heterocycles. The first-order chi connectivity index (χ1) is 23.6. The number of thiophene rings is 1. The molecule has 49 heavy (non-hydrogen) atoms. The Morgan fingerprint density at radius 3 is 2.37 bits per heavy atom. The van der Waals surface area contributed by atoms with Gasteiger partial charge in [-0.15, -0.1) is 11.3 Å². The highest BCUT2D eigenvalue weighted by molar-refractivity contribution is 7.87. The maximum Gasteiger partial charge on any atom is 0.286 e. The first-order valence-electron chi connectivity index (χ1n) is 16.4. The predicted molar refractivity (Wildman–Crippen MR) is 196 cm³/mol. The molecule has 2 aromatic heterocycles. The Balaban J connectivity index is 1.42. The fourth-order valence-electron chi connectivity index (χ4n) is 5.93. The number of likely N-dealkylation sites (N-methyl/N-ethyl adjacent to an activating group) is 1. The number of benzene rings is 2. The molecule has 0 unspecified atom stereocenters. The number of nitrogens with zero attached hydrogens (tertiary/aromatic N) is 5. The Morgan fingerprint density at radius 2 is 1.67 bits per heavy atom. The number of amides is 1. The monoisotopic (exact) mass is 739 g/mol. The summed E-state index contributed by atoms with van der Waals surface area (Å²) in [5, 5.41) is 7.50. The van der Waals surface area contributed by atoms with Crippen LogP contribution in [0.5, 0.6) is 0 Å². The summed E-state index contributed by atoms with van der Waals surface area (Å²) in [4.78, 5) is 17.7. The van der Waals surface area contributed by atoms with E-state index in [4.69, 9.17) is 28.3 Å². The number of hydrazine groups is 1. The number of rotatable bonds is 9. The minimum atomic E-state index is -3.87. The molecule has 4 heterocycles. The van der Waals surface area contributed by atoms with Crippen molar-refractivity contribution < 1.29 is 13.2 Å². The number of hydrogen-bond acceptors (Lipinski definition) is 7. The zero-order valence-electron chi connectivity index (χ0n) is 27.5. The normalized spacial score (nSPS) is 16.3. The van der Waals surface area contributed by atoms with E-state index in [0.717, 1.165) is 59.8 Å². The molecule has 0 atom stereocenters. The fourth-order valence-corrected chi connectivity index (χ4v) is 8.49. The van der Waals surface area contributed by atoms with Crippen molar-refractivity contribution in [3.05, 3.63) is 91.9 Å². The summed E-state index contributed by atoms with van der Waals surface area (Å²) in [5.74, 6) is 6.04. The summed E-state index contributed by atoms with van der Waals surface area (Å²) in [7, 11) is -3.87. The van der Waals surface area contributed by atoms with E-state index in [1.807, 2.05) is 48.3 Å². The van der Waals surface area contributed by atoms with Crippen LogP contribution in [0.2, 0.25) is 10.0 Å². The number of aromatic nitrogens is 2. The van der Waals surface area contributed by atoms with Gasteiger partial charge in [0, 0.05) is 62.0 Å². The molecule has 14 heteroatoms. The molecule has 0 aliphatic carbocycles. The molecule has 0 saturated carbocycles. The van der Waals surface area contributed by atoms with Crippen molar-refractivity contribution in [3.63, 3.8) is 0 Å². The smallest absolute Gasteiger partial charge is 0.286 e. The summed E-state index contributed by atoms with van der Waals surface area (Å²) < 4.78 is 33.1. The third-order valence-electron chi connectivity index (χ3n) is 8.72. The lowest BCUT2D eigenvalue weighted by molar-refractivity contribution is 0.0743. The number of carbonyl (C=O) groups excluding carboxylic acids is 1. The van der Waals surface area contributed by atoms with Crippen LogP contribution in [0.25, 0.3) is 16.3 Å². The van der Waals surface area contributed by atoms with Gasteiger partial charge in [-0.1, -0.05) is 66.1 Å². The quantitative estimate of drug-likeness (QED) is 0.213. The number of aryl methyl sites for hydroxylation is 1. The highest BCUT2D eigenvalue weighted by Gasteiger charge is 2.31. The van der Waals surface area contributed by atoms with E-state index in [1.165, 1.54) is 15.6 Å². The number of halogens is 2. The van der Waals surface area contributed by atoms with Gasteiger partial charge >= 0.3 is 0 Å². The topological polar surface area (TPSA) is 103 Å². The molecule has 2 aromatic carbocycles. The number of hydrogen-bond donors (Lipinski definition) is 2. The lowest BCUT2D eigenvalue weighted by Crippen LogP contribution is -2.51. The zero-order chi connectivity index (χ0) is 34.5. The number of nitrogens with one attached hydrogen (secondary N) is 2. The van der Waals surface area contributed by atoms with E-state index in [0.29, 0.717) is 53.2 Å². The second-order valence-corrected chi connectivity index (χ2v) is 15.8. The van der Waals surface area contributed by atoms with Gasteiger partial charge in [-0.3, -0.25) is 10.2 Å². The lowest BCUT2D eigenvalue weighted by atomic mass is 10.1. The van der Waals surface area contributed by atoms with Crippen LogP contribution in [-0.2, 0) is 16.8 Å². The van der Waals surface area contributed by atoms with Crippen LogP contribution < -0.4 is 10.1 Å². The number of carbonyl (C=O) groups is 1. The van der Waals surface area contributed by atoms with Crippen molar-refractivity contribution in [2.45, 2.75) is 39.7 Å². The summed E-state index contributed by atoms with van der Waals surface area (Å²) in [6.07, 6.45) is 3.05. The average molecular weight is 741 g/mol. The molecule has 2 aliphatic heterocycles. The van der Waals surface area contributed by atoms with Crippen LogP contribution in [0, 0.1) is 18.8 Å². The van der Waals surface area contributed by atoms with Crippen LogP contribution in [0.15, 0.2) is 54.6 Å². The van der Waals surface area contributed by atoms with Gasteiger partial charge < -0.3 is 4.90 Å². The van der Waals surface area contributed by atoms with Gasteiger partial charge in [-0.2, -0.15) is 22.5 Å². The summed E-state index contributed by atoms with van der Waals surface area (Å²) >= 11 is 14.4.